The zero-order valence-corrected chi connectivity index (χ0v) is 18.9. The Balaban J connectivity index is 1.49. The molecule has 0 atom stereocenters. The fourth-order valence-electron chi connectivity index (χ4n) is 4.12. The first-order chi connectivity index (χ1) is 16.2. The van der Waals surface area contributed by atoms with Gasteiger partial charge in [0.05, 0.1) is 15.4 Å². The van der Waals surface area contributed by atoms with Crippen molar-refractivity contribution in [2.24, 2.45) is 0 Å². The van der Waals surface area contributed by atoms with E-state index in [1.54, 1.807) is 0 Å². The molecule has 1 saturated heterocycles. The monoisotopic (exact) mass is 486 g/mol. The maximum atomic E-state index is 13.0. The normalized spacial score (nSPS) is 16.8. The van der Waals surface area contributed by atoms with E-state index in [2.05, 4.69) is 5.32 Å². The number of nitrogens with one attached hydrogen (secondary N) is 1. The zero-order chi connectivity index (χ0) is 24.5. The molecule has 1 fully saturated rings. The number of fused-ring (bicyclic) bond motifs is 1. The van der Waals surface area contributed by atoms with Crippen LogP contribution in [0.2, 0.25) is 0 Å². The molecule has 0 radical (unpaired) electrons. The summed E-state index contributed by atoms with van der Waals surface area (Å²) in [7, 11) is -3.73. The van der Waals surface area contributed by atoms with Gasteiger partial charge in [-0.2, -0.15) is 4.31 Å². The number of rotatable bonds is 6. The maximum Gasteiger partial charge on any atom is 0.282 e. The number of benzene rings is 2. The molecule has 4 rings (SSSR count). The van der Waals surface area contributed by atoms with Crippen molar-refractivity contribution < 1.29 is 27.7 Å². The summed E-state index contributed by atoms with van der Waals surface area (Å²) in [6.07, 6.45) is 3.52. The third-order valence-corrected chi connectivity index (χ3v) is 7.69. The highest BCUT2D eigenvalue weighted by molar-refractivity contribution is 7.89. The summed E-state index contributed by atoms with van der Waals surface area (Å²) in [4.78, 5) is 48.9. The summed E-state index contributed by atoms with van der Waals surface area (Å²) in [6, 6.07) is 9.45. The Morgan fingerprint density at radius 2 is 1.68 bits per heavy atom. The molecule has 1 N–H and O–H groups in total. The van der Waals surface area contributed by atoms with Crippen LogP contribution >= 0.6 is 0 Å². The van der Waals surface area contributed by atoms with Crippen LogP contribution in [0.3, 0.4) is 0 Å². The van der Waals surface area contributed by atoms with Crippen molar-refractivity contribution in [1.29, 1.82) is 0 Å². The minimum atomic E-state index is -3.73. The predicted molar refractivity (Wildman–Crippen MR) is 121 cm³/mol. The van der Waals surface area contributed by atoms with Crippen molar-refractivity contribution in [1.82, 2.24) is 9.21 Å². The molecule has 178 valence electrons. The van der Waals surface area contributed by atoms with E-state index in [0.29, 0.717) is 18.0 Å². The number of hydrogen-bond donors (Lipinski definition) is 1. The summed E-state index contributed by atoms with van der Waals surface area (Å²) >= 11 is 0. The number of nitrogens with zero attached hydrogens (tertiary/aromatic N) is 3. The highest BCUT2D eigenvalue weighted by atomic mass is 32.2. The van der Waals surface area contributed by atoms with E-state index < -0.39 is 44.9 Å². The number of carbonyl (C=O) groups excluding carboxylic acids is 3. The van der Waals surface area contributed by atoms with Gasteiger partial charge in [-0.1, -0.05) is 25.0 Å². The second-order valence-corrected chi connectivity index (χ2v) is 9.99. The minimum Gasteiger partial charge on any atom is -0.324 e. The predicted octanol–water partition coefficient (Wildman–Crippen LogP) is 2.39. The molecule has 0 aromatic heterocycles. The molecule has 2 heterocycles. The van der Waals surface area contributed by atoms with Crippen LogP contribution in [0.1, 0.15) is 46.4 Å². The molecule has 11 nitrogen and oxygen atoms in total. The van der Waals surface area contributed by atoms with Gasteiger partial charge in [-0.25, -0.2) is 8.42 Å². The van der Waals surface area contributed by atoms with Crippen molar-refractivity contribution in [3.05, 3.63) is 63.7 Å². The van der Waals surface area contributed by atoms with E-state index in [-0.39, 0.29) is 21.7 Å². The fourth-order valence-corrected chi connectivity index (χ4v) is 5.68. The van der Waals surface area contributed by atoms with Crippen LogP contribution in [0.25, 0.3) is 0 Å². The summed E-state index contributed by atoms with van der Waals surface area (Å²) in [6.45, 7) is 0.197. The lowest BCUT2D eigenvalue weighted by Crippen LogP contribution is -2.37. The number of nitro benzene ring substituents is 1. The second kappa shape index (κ2) is 9.31. The lowest BCUT2D eigenvalue weighted by molar-refractivity contribution is -0.385. The standard InChI is InChI=1S/C22H22N4O7S/c27-19(14-25-21(28)17-9-6-10-18(26(30)31)20(17)22(25)29)23-15-7-5-8-16(13-15)34(32,33)24-11-3-1-2-4-12-24/h5-10,13H,1-4,11-12,14H2,(H,23,27). The molecular formula is C22H22N4O7S. The first kappa shape index (κ1) is 23.5. The first-order valence-corrected chi connectivity index (χ1v) is 12.2. The Morgan fingerprint density at radius 1 is 1.00 bits per heavy atom. The molecule has 2 aliphatic rings. The van der Waals surface area contributed by atoms with Crippen LogP contribution in [-0.4, -0.2) is 59.9 Å². The Labute approximate surface area is 195 Å². The van der Waals surface area contributed by atoms with E-state index in [1.807, 2.05) is 0 Å². The highest BCUT2D eigenvalue weighted by Crippen LogP contribution is 2.30. The first-order valence-electron chi connectivity index (χ1n) is 10.7. The van der Waals surface area contributed by atoms with Gasteiger partial charge in [-0.3, -0.25) is 29.4 Å². The summed E-state index contributed by atoms with van der Waals surface area (Å²) < 4.78 is 27.5. The molecule has 2 aromatic rings. The van der Waals surface area contributed by atoms with Gasteiger partial charge < -0.3 is 5.32 Å². The lowest BCUT2D eigenvalue weighted by atomic mass is 10.1. The summed E-state index contributed by atoms with van der Waals surface area (Å²) in [5.74, 6) is -2.49. The van der Waals surface area contributed by atoms with Crippen LogP contribution in [0, 0.1) is 10.1 Å². The average molecular weight is 487 g/mol. The summed E-state index contributed by atoms with van der Waals surface area (Å²) in [5, 5.41) is 13.7. The average Bonchev–Trinajstić information content (AvgIpc) is 3.00. The van der Waals surface area contributed by atoms with Gasteiger partial charge in [-0.15, -0.1) is 0 Å². The third kappa shape index (κ3) is 4.41. The number of hydrogen-bond acceptors (Lipinski definition) is 7. The molecule has 0 unspecified atom stereocenters. The topological polar surface area (TPSA) is 147 Å². The maximum absolute atomic E-state index is 13.0. The van der Waals surface area contributed by atoms with E-state index in [0.717, 1.165) is 31.7 Å². The molecular weight excluding hydrogens is 464 g/mol. The van der Waals surface area contributed by atoms with Crippen molar-refractivity contribution >= 4 is 39.1 Å². The Kier molecular flexibility index (Phi) is 6.44. The van der Waals surface area contributed by atoms with E-state index >= 15 is 0 Å². The summed E-state index contributed by atoms with van der Waals surface area (Å²) in [5.41, 5.74) is -0.818. The van der Waals surface area contributed by atoms with Crippen LogP contribution in [0.4, 0.5) is 11.4 Å². The number of imide groups is 1. The quantitative estimate of drug-likeness (QED) is 0.374. The van der Waals surface area contributed by atoms with Gasteiger partial charge in [0.1, 0.15) is 12.1 Å². The smallest absolute Gasteiger partial charge is 0.282 e. The Bertz CT molecular complexity index is 1280. The second-order valence-electron chi connectivity index (χ2n) is 8.05. The van der Waals surface area contributed by atoms with Crippen LogP contribution in [0.15, 0.2) is 47.4 Å². The molecule has 2 aliphatic heterocycles. The molecule has 0 aliphatic carbocycles. The number of carbonyl (C=O) groups is 3. The van der Waals surface area contributed by atoms with Gasteiger partial charge in [0.2, 0.25) is 15.9 Å². The van der Waals surface area contributed by atoms with Crippen molar-refractivity contribution in [2.45, 2.75) is 30.6 Å². The van der Waals surface area contributed by atoms with E-state index in [9.17, 15) is 32.9 Å². The number of sulfonamides is 1. The van der Waals surface area contributed by atoms with Gasteiger partial charge in [0.25, 0.3) is 17.5 Å². The SMILES string of the molecule is O=C(CN1C(=O)c2cccc([N+](=O)[O-])c2C1=O)Nc1cccc(S(=O)(=O)N2CCCCCC2)c1. The lowest BCUT2D eigenvalue weighted by Gasteiger charge is -2.20. The minimum absolute atomic E-state index is 0.0311. The van der Waals surface area contributed by atoms with Crippen LogP contribution < -0.4 is 5.32 Å². The van der Waals surface area contributed by atoms with Crippen molar-refractivity contribution in [3.8, 4) is 0 Å². The fraction of sp³-hybridized carbons (Fsp3) is 0.318. The molecule has 12 heteroatoms. The molecule has 34 heavy (non-hydrogen) atoms. The molecule has 0 spiro atoms. The Hall–Kier alpha value is -3.64. The zero-order valence-electron chi connectivity index (χ0n) is 18.1. The van der Waals surface area contributed by atoms with Crippen LogP contribution in [0.5, 0.6) is 0 Å². The molecule has 0 saturated carbocycles. The molecule has 3 amide bonds. The van der Waals surface area contributed by atoms with Gasteiger partial charge >= 0.3 is 0 Å². The molecule has 0 bridgehead atoms. The van der Waals surface area contributed by atoms with Gasteiger partial charge in [-0.05, 0) is 37.1 Å². The van der Waals surface area contributed by atoms with E-state index in [4.69, 9.17) is 0 Å². The number of amides is 3. The van der Waals surface area contributed by atoms with Gasteiger partial charge in [0.15, 0.2) is 0 Å². The number of nitro groups is 1. The van der Waals surface area contributed by atoms with E-state index in [1.165, 1.54) is 40.7 Å². The highest BCUT2D eigenvalue weighted by Gasteiger charge is 2.41. The molecule has 2 aromatic carbocycles. The van der Waals surface area contributed by atoms with Crippen LogP contribution in [-0.2, 0) is 14.8 Å². The largest absolute Gasteiger partial charge is 0.324 e. The third-order valence-electron chi connectivity index (χ3n) is 5.80. The van der Waals surface area contributed by atoms with Crippen molar-refractivity contribution in [2.75, 3.05) is 25.0 Å². The van der Waals surface area contributed by atoms with Crippen molar-refractivity contribution in [3.63, 3.8) is 0 Å². The number of anilines is 1. The Morgan fingerprint density at radius 3 is 2.35 bits per heavy atom. The van der Waals surface area contributed by atoms with Gasteiger partial charge in [0, 0.05) is 24.8 Å².